The lowest BCUT2D eigenvalue weighted by Crippen LogP contribution is -2.19. The van der Waals surface area contributed by atoms with Gasteiger partial charge in [0, 0.05) is 11.1 Å². The topological polar surface area (TPSA) is 96.7 Å². The molecule has 0 aliphatic rings. The van der Waals surface area contributed by atoms with Crippen molar-refractivity contribution in [1.29, 1.82) is 0 Å². The fraction of sp³-hybridized carbons (Fsp3) is 0.0526. The lowest BCUT2D eigenvalue weighted by Gasteiger charge is -2.04. The molecule has 1 aromatic heterocycles. The Hall–Kier alpha value is -3.74. The summed E-state index contributed by atoms with van der Waals surface area (Å²) in [7, 11) is 1.59. The maximum absolute atomic E-state index is 12.2. The minimum atomic E-state index is -0.500. The number of aromatic nitrogens is 2. The first-order valence-electron chi connectivity index (χ1n) is 7.75. The largest absolute Gasteiger partial charge is 0.507 e. The number of hydrogen-bond donors (Lipinski definition) is 2. The average Bonchev–Trinajstić information content (AvgIpc) is 2.69. The summed E-state index contributed by atoms with van der Waals surface area (Å²) in [4.78, 5) is 20.6. The number of ether oxygens (including phenoxy) is 1. The van der Waals surface area contributed by atoms with Gasteiger partial charge in [-0.2, -0.15) is 5.10 Å². The van der Waals surface area contributed by atoms with Gasteiger partial charge in [0.1, 0.15) is 17.2 Å². The molecule has 0 spiro atoms. The van der Waals surface area contributed by atoms with Crippen LogP contribution in [0.25, 0.3) is 11.3 Å². The van der Waals surface area contributed by atoms with E-state index in [1.165, 1.54) is 18.5 Å². The molecule has 0 bridgehead atoms. The predicted octanol–water partition coefficient (Wildman–Crippen LogP) is 2.62. The highest BCUT2D eigenvalue weighted by Crippen LogP contribution is 2.20. The van der Waals surface area contributed by atoms with Crippen LogP contribution in [0.15, 0.2) is 66.0 Å². The number of nitrogens with one attached hydrogen (secondary N) is 1. The van der Waals surface area contributed by atoms with Gasteiger partial charge in [0.15, 0.2) is 0 Å². The predicted molar refractivity (Wildman–Crippen MR) is 97.2 cm³/mol. The number of para-hydroxylation sites is 1. The lowest BCUT2D eigenvalue weighted by atomic mass is 10.1. The number of amides is 1. The van der Waals surface area contributed by atoms with Crippen LogP contribution in [0.4, 0.5) is 0 Å². The first-order valence-corrected chi connectivity index (χ1v) is 7.75. The van der Waals surface area contributed by atoms with E-state index in [2.05, 4.69) is 20.5 Å². The van der Waals surface area contributed by atoms with Gasteiger partial charge in [0.25, 0.3) is 5.91 Å². The number of aromatic hydroxyl groups is 1. The van der Waals surface area contributed by atoms with Gasteiger partial charge in [-0.25, -0.2) is 10.4 Å². The Bertz CT molecular complexity index is 940. The molecule has 2 aromatic carbocycles. The summed E-state index contributed by atoms with van der Waals surface area (Å²) in [6.07, 6.45) is 4.29. The maximum atomic E-state index is 12.2. The highest BCUT2D eigenvalue weighted by atomic mass is 16.5. The van der Waals surface area contributed by atoms with Crippen LogP contribution in [0.2, 0.25) is 0 Å². The van der Waals surface area contributed by atoms with Crippen LogP contribution in [0.5, 0.6) is 11.5 Å². The van der Waals surface area contributed by atoms with Gasteiger partial charge in [-0.15, -0.1) is 0 Å². The molecule has 2 N–H and O–H groups in total. The smallest absolute Gasteiger partial charge is 0.291 e. The minimum absolute atomic E-state index is 0.0757. The van der Waals surface area contributed by atoms with E-state index in [1.807, 2.05) is 12.1 Å². The molecule has 1 heterocycles. The second-order valence-corrected chi connectivity index (χ2v) is 5.28. The van der Waals surface area contributed by atoms with Gasteiger partial charge < -0.3 is 9.84 Å². The monoisotopic (exact) mass is 348 g/mol. The number of phenols is 1. The molecule has 1 amide bonds. The van der Waals surface area contributed by atoms with E-state index in [-0.39, 0.29) is 11.4 Å². The lowest BCUT2D eigenvalue weighted by molar-refractivity contribution is 0.0950. The molecule has 3 aromatic rings. The van der Waals surface area contributed by atoms with Gasteiger partial charge >= 0.3 is 0 Å². The average molecular weight is 348 g/mol. The fourth-order valence-electron chi connectivity index (χ4n) is 2.19. The van der Waals surface area contributed by atoms with E-state index in [0.717, 1.165) is 11.3 Å². The van der Waals surface area contributed by atoms with Gasteiger partial charge in [-0.05, 0) is 36.4 Å². The van der Waals surface area contributed by atoms with Crippen LogP contribution in [-0.2, 0) is 0 Å². The van der Waals surface area contributed by atoms with E-state index in [4.69, 9.17) is 4.74 Å². The van der Waals surface area contributed by atoms with Crippen LogP contribution in [0.3, 0.4) is 0 Å². The zero-order chi connectivity index (χ0) is 18.4. The SMILES string of the molecule is COc1ccc(-c2cncc(C(=O)N/N=C/c3ccccc3O)n2)cc1. The van der Waals surface area contributed by atoms with Crippen molar-refractivity contribution in [3.8, 4) is 22.8 Å². The quantitative estimate of drug-likeness (QED) is 0.546. The Morgan fingerprint density at radius 2 is 1.92 bits per heavy atom. The molecular formula is C19H16N4O3. The van der Waals surface area contributed by atoms with E-state index >= 15 is 0 Å². The Morgan fingerprint density at radius 1 is 1.15 bits per heavy atom. The summed E-state index contributed by atoms with van der Waals surface area (Å²) >= 11 is 0. The molecule has 0 radical (unpaired) electrons. The van der Waals surface area contributed by atoms with Crippen molar-refractivity contribution >= 4 is 12.1 Å². The molecule has 26 heavy (non-hydrogen) atoms. The molecule has 3 rings (SSSR count). The Morgan fingerprint density at radius 3 is 2.65 bits per heavy atom. The van der Waals surface area contributed by atoms with Crippen molar-refractivity contribution < 1.29 is 14.6 Å². The molecule has 7 heteroatoms. The van der Waals surface area contributed by atoms with Crippen LogP contribution in [0, 0.1) is 0 Å². The second-order valence-electron chi connectivity index (χ2n) is 5.28. The molecule has 0 saturated carbocycles. The van der Waals surface area contributed by atoms with E-state index < -0.39 is 5.91 Å². The van der Waals surface area contributed by atoms with Gasteiger partial charge in [-0.3, -0.25) is 9.78 Å². The third-order valence-electron chi connectivity index (χ3n) is 3.56. The summed E-state index contributed by atoms with van der Waals surface area (Å²) in [5, 5.41) is 13.5. The summed E-state index contributed by atoms with van der Waals surface area (Å²) in [5.41, 5.74) is 4.36. The second kappa shape index (κ2) is 7.89. The number of nitrogens with zero attached hydrogens (tertiary/aromatic N) is 3. The molecule has 0 atom stereocenters. The molecule has 0 unspecified atom stereocenters. The Kier molecular flexibility index (Phi) is 5.19. The Balaban J connectivity index is 1.72. The maximum Gasteiger partial charge on any atom is 0.291 e. The normalized spacial score (nSPS) is 10.7. The zero-order valence-corrected chi connectivity index (χ0v) is 14.0. The molecule has 0 saturated heterocycles. The number of carbonyl (C=O) groups excluding carboxylic acids is 1. The van der Waals surface area contributed by atoms with Crippen molar-refractivity contribution in [3.63, 3.8) is 0 Å². The van der Waals surface area contributed by atoms with Gasteiger partial charge in [-0.1, -0.05) is 12.1 Å². The summed E-state index contributed by atoms with van der Waals surface area (Å²) in [6.45, 7) is 0. The summed E-state index contributed by atoms with van der Waals surface area (Å²) in [5.74, 6) is 0.306. The number of carbonyl (C=O) groups is 1. The highest BCUT2D eigenvalue weighted by molar-refractivity contribution is 5.93. The molecule has 0 aliphatic heterocycles. The third kappa shape index (κ3) is 4.02. The Labute approximate surface area is 150 Å². The van der Waals surface area contributed by atoms with Crippen molar-refractivity contribution in [1.82, 2.24) is 15.4 Å². The number of hydrazone groups is 1. The number of benzene rings is 2. The van der Waals surface area contributed by atoms with Crippen LogP contribution in [0.1, 0.15) is 16.1 Å². The summed E-state index contributed by atoms with van der Waals surface area (Å²) in [6, 6.07) is 13.9. The van der Waals surface area contributed by atoms with Crippen molar-refractivity contribution in [2.24, 2.45) is 5.10 Å². The molecule has 0 fully saturated rings. The van der Waals surface area contributed by atoms with E-state index in [1.54, 1.807) is 43.6 Å². The zero-order valence-electron chi connectivity index (χ0n) is 14.0. The number of rotatable bonds is 5. The minimum Gasteiger partial charge on any atom is -0.507 e. The highest BCUT2D eigenvalue weighted by Gasteiger charge is 2.09. The van der Waals surface area contributed by atoms with Crippen LogP contribution >= 0.6 is 0 Å². The van der Waals surface area contributed by atoms with Gasteiger partial charge in [0.05, 0.1) is 31.4 Å². The first kappa shape index (κ1) is 17.1. The fourth-order valence-corrected chi connectivity index (χ4v) is 2.19. The molecule has 130 valence electrons. The van der Waals surface area contributed by atoms with Gasteiger partial charge in [0.2, 0.25) is 0 Å². The number of phenolic OH excluding ortho intramolecular Hbond substituents is 1. The van der Waals surface area contributed by atoms with Crippen molar-refractivity contribution in [2.75, 3.05) is 7.11 Å². The first-order chi connectivity index (χ1) is 12.7. The van der Waals surface area contributed by atoms with Crippen LogP contribution in [-0.4, -0.2) is 34.3 Å². The standard InChI is InChI=1S/C19H16N4O3/c1-26-15-8-6-13(7-9-15)16-11-20-12-17(22-16)19(25)23-21-10-14-4-2-3-5-18(14)24/h2-12,24H,1H3,(H,23,25)/b21-10+. The number of methoxy groups -OCH3 is 1. The molecular weight excluding hydrogens is 332 g/mol. The summed E-state index contributed by atoms with van der Waals surface area (Å²) < 4.78 is 5.12. The van der Waals surface area contributed by atoms with E-state index in [9.17, 15) is 9.90 Å². The van der Waals surface area contributed by atoms with Crippen molar-refractivity contribution in [2.45, 2.75) is 0 Å². The van der Waals surface area contributed by atoms with Crippen LogP contribution < -0.4 is 10.2 Å². The molecule has 7 nitrogen and oxygen atoms in total. The number of hydrogen-bond acceptors (Lipinski definition) is 6. The molecule has 0 aliphatic carbocycles. The van der Waals surface area contributed by atoms with E-state index in [0.29, 0.717) is 11.3 Å². The van der Waals surface area contributed by atoms with Crippen molar-refractivity contribution in [3.05, 3.63) is 72.2 Å². The third-order valence-corrected chi connectivity index (χ3v) is 3.56.